The van der Waals surface area contributed by atoms with Crippen LogP contribution < -0.4 is 0 Å². The third-order valence-electron chi connectivity index (χ3n) is 3.09. The smallest absolute Gasteiger partial charge is 0.310 e. The van der Waals surface area contributed by atoms with Gasteiger partial charge in [-0.2, -0.15) is 0 Å². The van der Waals surface area contributed by atoms with Crippen LogP contribution in [0.4, 0.5) is 0 Å². The number of ether oxygens (including phenoxy) is 1. The van der Waals surface area contributed by atoms with Gasteiger partial charge in [0.15, 0.2) is 0 Å². The Bertz CT molecular complexity index is 554. The van der Waals surface area contributed by atoms with Crippen molar-refractivity contribution in [1.29, 1.82) is 0 Å². The van der Waals surface area contributed by atoms with E-state index in [-0.39, 0.29) is 17.8 Å². The largest absolute Gasteiger partial charge is 0.469 e. The highest BCUT2D eigenvalue weighted by Crippen LogP contribution is 2.19. The minimum absolute atomic E-state index is 0.154. The van der Waals surface area contributed by atoms with E-state index in [1.807, 2.05) is 25.1 Å². The Morgan fingerprint density at radius 3 is 2.67 bits per heavy atom. The number of amides is 1. The van der Waals surface area contributed by atoms with Crippen molar-refractivity contribution in [3.05, 3.63) is 39.9 Å². The molecule has 0 aromatic heterocycles. The maximum Gasteiger partial charge on any atom is 0.310 e. The number of carbonyl (C=O) groups excluding carboxylic acids is 2. The summed E-state index contributed by atoms with van der Waals surface area (Å²) in [5.74, 6) is -0.818. The Kier molecular flexibility index (Phi) is 6.62. The summed E-state index contributed by atoms with van der Waals surface area (Å²) in [5, 5.41) is 0. The Morgan fingerprint density at radius 2 is 2.10 bits per heavy atom. The lowest BCUT2D eigenvalue weighted by Gasteiger charge is -2.18. The Balaban J connectivity index is 2.67. The average Bonchev–Trinajstić information content (AvgIpc) is 2.44. The molecule has 0 saturated carbocycles. The average molecular weight is 354 g/mol. The van der Waals surface area contributed by atoms with Crippen molar-refractivity contribution < 1.29 is 14.3 Å². The Labute approximate surface area is 133 Å². The number of aryl methyl sites for hydroxylation is 1. The number of benzene rings is 1. The first-order valence-electron chi connectivity index (χ1n) is 6.62. The summed E-state index contributed by atoms with van der Waals surface area (Å²) in [5.41, 5.74) is 2.08. The highest BCUT2D eigenvalue weighted by atomic mass is 79.9. The number of methoxy groups -OCH3 is 1. The van der Waals surface area contributed by atoms with Gasteiger partial charge in [0.25, 0.3) is 0 Å². The Hall–Kier alpha value is -1.62. The monoisotopic (exact) mass is 353 g/mol. The molecule has 1 rings (SSSR count). The first kappa shape index (κ1) is 17.4. The van der Waals surface area contributed by atoms with E-state index < -0.39 is 0 Å². The van der Waals surface area contributed by atoms with Gasteiger partial charge in [-0.25, -0.2) is 0 Å². The standard InChI is InChI=1S/C16H20BrNO3/c1-11-5-6-13(14(17)9-11)7-8-15(19)18(3)10-12(2)16(20)21-4/h5-9,12H,10H2,1-4H3. The second-order valence-electron chi connectivity index (χ2n) is 5.00. The summed E-state index contributed by atoms with van der Waals surface area (Å²) in [6, 6.07) is 5.92. The summed E-state index contributed by atoms with van der Waals surface area (Å²) < 4.78 is 5.59. The first-order valence-corrected chi connectivity index (χ1v) is 7.41. The van der Waals surface area contributed by atoms with Crippen molar-refractivity contribution in [2.45, 2.75) is 13.8 Å². The molecular formula is C16H20BrNO3. The fraction of sp³-hybridized carbons (Fsp3) is 0.375. The van der Waals surface area contributed by atoms with E-state index >= 15 is 0 Å². The number of nitrogens with zero attached hydrogens (tertiary/aromatic N) is 1. The van der Waals surface area contributed by atoms with Crippen molar-refractivity contribution >= 4 is 33.9 Å². The maximum atomic E-state index is 12.0. The summed E-state index contributed by atoms with van der Waals surface area (Å²) in [6.45, 7) is 4.06. The molecule has 0 aliphatic rings. The molecule has 1 atom stereocenters. The third-order valence-corrected chi connectivity index (χ3v) is 3.78. The molecule has 114 valence electrons. The fourth-order valence-electron chi connectivity index (χ4n) is 1.83. The minimum atomic E-state index is -0.344. The number of halogens is 1. The molecule has 1 aromatic carbocycles. The predicted molar refractivity (Wildman–Crippen MR) is 86.7 cm³/mol. The van der Waals surface area contributed by atoms with Gasteiger partial charge in [0.1, 0.15) is 0 Å². The number of esters is 1. The highest BCUT2D eigenvalue weighted by molar-refractivity contribution is 9.10. The number of hydrogen-bond donors (Lipinski definition) is 0. The van der Waals surface area contributed by atoms with E-state index in [0.717, 1.165) is 15.6 Å². The van der Waals surface area contributed by atoms with Crippen LogP contribution in [0, 0.1) is 12.8 Å². The van der Waals surface area contributed by atoms with Crippen LogP contribution >= 0.6 is 15.9 Å². The van der Waals surface area contributed by atoms with Gasteiger partial charge >= 0.3 is 5.97 Å². The van der Waals surface area contributed by atoms with E-state index in [1.54, 1.807) is 20.0 Å². The summed E-state index contributed by atoms with van der Waals surface area (Å²) in [6.07, 6.45) is 3.25. The van der Waals surface area contributed by atoms with Crippen LogP contribution in [0.25, 0.3) is 6.08 Å². The van der Waals surface area contributed by atoms with Crippen molar-refractivity contribution in [2.75, 3.05) is 20.7 Å². The zero-order valence-electron chi connectivity index (χ0n) is 12.7. The van der Waals surface area contributed by atoms with Gasteiger partial charge < -0.3 is 9.64 Å². The zero-order chi connectivity index (χ0) is 16.0. The van der Waals surface area contributed by atoms with Crippen LogP contribution in [-0.4, -0.2) is 37.5 Å². The minimum Gasteiger partial charge on any atom is -0.469 e. The number of likely N-dealkylation sites (N-methyl/N-ethyl adjacent to an activating group) is 1. The van der Waals surface area contributed by atoms with Crippen LogP contribution in [0.1, 0.15) is 18.1 Å². The summed E-state index contributed by atoms with van der Waals surface area (Å²) in [7, 11) is 3.01. The molecule has 1 unspecified atom stereocenters. The second-order valence-corrected chi connectivity index (χ2v) is 5.86. The van der Waals surface area contributed by atoms with Crippen LogP contribution in [0.15, 0.2) is 28.7 Å². The van der Waals surface area contributed by atoms with Gasteiger partial charge in [0.05, 0.1) is 13.0 Å². The van der Waals surface area contributed by atoms with E-state index in [9.17, 15) is 9.59 Å². The quantitative estimate of drug-likeness (QED) is 0.603. The van der Waals surface area contributed by atoms with E-state index in [4.69, 9.17) is 0 Å². The van der Waals surface area contributed by atoms with Crippen molar-refractivity contribution in [1.82, 2.24) is 4.90 Å². The molecule has 0 heterocycles. The van der Waals surface area contributed by atoms with Gasteiger partial charge in [-0.15, -0.1) is 0 Å². The van der Waals surface area contributed by atoms with Gasteiger partial charge in [-0.3, -0.25) is 9.59 Å². The van der Waals surface area contributed by atoms with Crippen LogP contribution in [-0.2, 0) is 14.3 Å². The van der Waals surface area contributed by atoms with Crippen LogP contribution in [0.3, 0.4) is 0 Å². The Morgan fingerprint density at radius 1 is 1.43 bits per heavy atom. The molecule has 1 amide bonds. The molecule has 0 aliphatic carbocycles. The number of carbonyl (C=O) groups is 2. The normalized spacial score (nSPS) is 12.2. The number of rotatable bonds is 5. The van der Waals surface area contributed by atoms with Crippen molar-refractivity contribution in [3.63, 3.8) is 0 Å². The van der Waals surface area contributed by atoms with Gasteiger partial charge in [0.2, 0.25) is 5.91 Å². The molecule has 0 spiro atoms. The van der Waals surface area contributed by atoms with Crippen LogP contribution in [0.2, 0.25) is 0 Å². The molecule has 0 fully saturated rings. The lowest BCUT2D eigenvalue weighted by Crippen LogP contribution is -2.33. The van der Waals surface area contributed by atoms with Crippen molar-refractivity contribution in [2.24, 2.45) is 5.92 Å². The van der Waals surface area contributed by atoms with Gasteiger partial charge in [-0.1, -0.05) is 35.0 Å². The van der Waals surface area contributed by atoms with Gasteiger partial charge in [-0.05, 0) is 30.2 Å². The van der Waals surface area contributed by atoms with Crippen molar-refractivity contribution in [3.8, 4) is 0 Å². The molecule has 0 radical (unpaired) electrons. The van der Waals surface area contributed by atoms with Crippen LogP contribution in [0.5, 0.6) is 0 Å². The molecular weight excluding hydrogens is 334 g/mol. The van der Waals surface area contributed by atoms with Gasteiger partial charge in [0, 0.05) is 24.1 Å². The third kappa shape index (κ3) is 5.34. The molecule has 0 saturated heterocycles. The lowest BCUT2D eigenvalue weighted by atomic mass is 10.1. The molecule has 0 bridgehead atoms. The summed E-state index contributed by atoms with van der Waals surface area (Å²) in [4.78, 5) is 24.9. The second kappa shape index (κ2) is 7.98. The zero-order valence-corrected chi connectivity index (χ0v) is 14.3. The predicted octanol–water partition coefficient (Wildman–Crippen LogP) is 3.04. The lowest BCUT2D eigenvalue weighted by molar-refractivity contribution is -0.145. The topological polar surface area (TPSA) is 46.6 Å². The van der Waals surface area contributed by atoms with E-state index in [2.05, 4.69) is 20.7 Å². The molecule has 0 aliphatic heterocycles. The van der Waals surface area contributed by atoms with E-state index in [1.165, 1.54) is 18.1 Å². The molecule has 21 heavy (non-hydrogen) atoms. The van der Waals surface area contributed by atoms with E-state index in [0.29, 0.717) is 6.54 Å². The highest BCUT2D eigenvalue weighted by Gasteiger charge is 2.17. The maximum absolute atomic E-state index is 12.0. The fourth-order valence-corrected chi connectivity index (χ4v) is 2.46. The molecule has 0 N–H and O–H groups in total. The molecule has 4 nitrogen and oxygen atoms in total. The molecule has 5 heteroatoms. The number of hydrogen-bond acceptors (Lipinski definition) is 3. The summed E-state index contributed by atoms with van der Waals surface area (Å²) >= 11 is 3.47. The SMILES string of the molecule is COC(=O)C(C)CN(C)C(=O)C=Cc1ccc(C)cc1Br. The first-order chi connectivity index (χ1) is 9.85. The molecule has 1 aromatic rings.